The van der Waals surface area contributed by atoms with Crippen molar-refractivity contribution < 1.29 is 19.1 Å². The van der Waals surface area contributed by atoms with Gasteiger partial charge in [-0.25, -0.2) is 9.78 Å². The van der Waals surface area contributed by atoms with E-state index in [9.17, 15) is 9.59 Å². The van der Waals surface area contributed by atoms with Gasteiger partial charge >= 0.3 is 5.97 Å². The van der Waals surface area contributed by atoms with Crippen molar-refractivity contribution in [3.05, 3.63) is 64.8 Å². The van der Waals surface area contributed by atoms with Gasteiger partial charge in [0.15, 0.2) is 19.0 Å². The van der Waals surface area contributed by atoms with Gasteiger partial charge in [-0.3, -0.25) is 4.79 Å². The van der Waals surface area contributed by atoms with Crippen LogP contribution in [0.15, 0.2) is 54.7 Å². The molecule has 0 spiro atoms. The highest BCUT2D eigenvalue weighted by Crippen LogP contribution is 2.22. The fourth-order valence-corrected chi connectivity index (χ4v) is 2.69. The third-order valence-electron chi connectivity index (χ3n) is 3.51. The molecular weight excluding hydrogens is 391 g/mol. The molecule has 1 amide bonds. The normalized spacial score (nSPS) is 10.4. The topological polar surface area (TPSA) is 77.5 Å². The highest BCUT2D eigenvalue weighted by molar-refractivity contribution is 6.36. The number of benzene rings is 2. The van der Waals surface area contributed by atoms with Crippen LogP contribution in [0, 0.1) is 0 Å². The van der Waals surface area contributed by atoms with E-state index in [1.54, 1.807) is 6.07 Å². The van der Waals surface area contributed by atoms with E-state index in [2.05, 4.69) is 10.3 Å². The Balaban J connectivity index is 1.46. The summed E-state index contributed by atoms with van der Waals surface area (Å²) in [4.78, 5) is 27.5. The van der Waals surface area contributed by atoms with Gasteiger partial charge in [-0.05, 0) is 29.0 Å². The molecule has 0 bridgehead atoms. The van der Waals surface area contributed by atoms with Crippen molar-refractivity contribution >= 4 is 51.7 Å². The summed E-state index contributed by atoms with van der Waals surface area (Å²) in [7, 11) is 0. The lowest BCUT2D eigenvalue weighted by atomic mass is 10.1. The first-order valence-electron chi connectivity index (χ1n) is 7.89. The molecular formula is C19H14Cl2N2O4. The molecule has 0 atom stereocenters. The monoisotopic (exact) mass is 404 g/mol. The minimum atomic E-state index is -0.673. The molecule has 1 N–H and O–H groups in total. The molecule has 0 radical (unpaired) electrons. The summed E-state index contributed by atoms with van der Waals surface area (Å²) in [5.41, 5.74) is 0. The Labute approximate surface area is 165 Å². The number of carbonyl (C=O) groups excluding carboxylic acids is 2. The summed E-state index contributed by atoms with van der Waals surface area (Å²) >= 11 is 11.6. The molecule has 2 aromatic carbocycles. The van der Waals surface area contributed by atoms with Gasteiger partial charge in [-0.2, -0.15) is 0 Å². The molecule has 0 saturated carbocycles. The van der Waals surface area contributed by atoms with Crippen LogP contribution >= 0.6 is 23.2 Å². The van der Waals surface area contributed by atoms with E-state index in [0.29, 0.717) is 10.8 Å². The molecule has 27 heavy (non-hydrogen) atoms. The average Bonchev–Trinajstić information content (AvgIpc) is 2.67. The van der Waals surface area contributed by atoms with Crippen molar-refractivity contribution in [1.29, 1.82) is 0 Å². The Kier molecular flexibility index (Phi) is 6.11. The lowest BCUT2D eigenvalue weighted by molar-refractivity contribution is -0.149. The van der Waals surface area contributed by atoms with E-state index in [-0.39, 0.29) is 17.4 Å². The van der Waals surface area contributed by atoms with Crippen molar-refractivity contribution in [1.82, 2.24) is 4.98 Å². The number of nitrogens with one attached hydrogen (secondary N) is 1. The Morgan fingerprint density at radius 3 is 2.56 bits per heavy atom. The fraction of sp³-hybridized carbons (Fsp3) is 0.105. The molecule has 0 fully saturated rings. The third kappa shape index (κ3) is 5.32. The summed E-state index contributed by atoms with van der Waals surface area (Å²) in [5.74, 6) is -0.582. The van der Waals surface area contributed by atoms with Crippen LogP contribution < -0.4 is 10.1 Å². The number of hydrogen-bond acceptors (Lipinski definition) is 5. The lowest BCUT2D eigenvalue weighted by Gasteiger charge is -2.09. The zero-order valence-electron chi connectivity index (χ0n) is 13.9. The molecule has 138 valence electrons. The van der Waals surface area contributed by atoms with E-state index in [4.69, 9.17) is 32.7 Å². The Hall–Kier alpha value is -2.83. The van der Waals surface area contributed by atoms with Crippen LogP contribution in [0.4, 0.5) is 5.82 Å². The van der Waals surface area contributed by atoms with Crippen LogP contribution in [0.2, 0.25) is 10.0 Å². The molecule has 0 aliphatic heterocycles. The molecule has 0 aliphatic rings. The number of amides is 1. The first-order chi connectivity index (χ1) is 13.0. The predicted octanol–water partition coefficient (Wildman–Crippen LogP) is 4.10. The maximum Gasteiger partial charge on any atom is 0.344 e. The maximum atomic E-state index is 11.8. The molecule has 6 nitrogen and oxygen atoms in total. The highest BCUT2D eigenvalue weighted by Gasteiger charge is 2.11. The molecule has 0 aliphatic carbocycles. The number of carbonyl (C=O) groups is 2. The fourth-order valence-electron chi connectivity index (χ4n) is 2.26. The number of fused-ring (bicyclic) bond motifs is 1. The summed E-state index contributed by atoms with van der Waals surface area (Å²) < 4.78 is 10.3. The number of anilines is 1. The molecule has 0 unspecified atom stereocenters. The highest BCUT2D eigenvalue weighted by atomic mass is 35.5. The van der Waals surface area contributed by atoms with Crippen molar-refractivity contribution in [2.24, 2.45) is 0 Å². The standard InChI is InChI=1S/C19H14Cl2N2O4/c20-14-8-16(21)19(22-9-14)23-17(24)10-27-18(25)11-26-15-6-5-12-3-1-2-4-13(12)7-15/h1-9H,10-11H2,(H,22,23,24). The quantitative estimate of drug-likeness (QED) is 0.625. The van der Waals surface area contributed by atoms with Crippen LogP contribution in [-0.4, -0.2) is 30.1 Å². The molecule has 0 saturated heterocycles. The van der Waals surface area contributed by atoms with Crippen molar-refractivity contribution in [2.75, 3.05) is 18.5 Å². The second-order valence-electron chi connectivity index (χ2n) is 5.49. The van der Waals surface area contributed by atoms with Crippen LogP contribution in [-0.2, 0) is 14.3 Å². The Morgan fingerprint density at radius 1 is 1.00 bits per heavy atom. The summed E-state index contributed by atoms with van der Waals surface area (Å²) in [6, 6.07) is 14.7. The van der Waals surface area contributed by atoms with Gasteiger partial charge in [-0.15, -0.1) is 0 Å². The van der Waals surface area contributed by atoms with Gasteiger partial charge in [-0.1, -0.05) is 53.5 Å². The molecule has 1 heterocycles. The maximum absolute atomic E-state index is 11.8. The van der Waals surface area contributed by atoms with Crippen molar-refractivity contribution in [3.8, 4) is 5.75 Å². The minimum Gasteiger partial charge on any atom is -0.482 e. The molecule has 3 rings (SSSR count). The number of esters is 1. The van der Waals surface area contributed by atoms with E-state index in [1.165, 1.54) is 12.3 Å². The van der Waals surface area contributed by atoms with E-state index in [0.717, 1.165) is 10.8 Å². The van der Waals surface area contributed by atoms with Crippen LogP contribution in [0.5, 0.6) is 5.75 Å². The number of hydrogen-bond donors (Lipinski definition) is 1. The van der Waals surface area contributed by atoms with Gasteiger partial charge in [0.05, 0.1) is 10.0 Å². The summed E-state index contributed by atoms with van der Waals surface area (Å²) in [5, 5.41) is 5.02. The number of aromatic nitrogens is 1. The van der Waals surface area contributed by atoms with Gasteiger partial charge < -0.3 is 14.8 Å². The van der Waals surface area contributed by atoms with Gasteiger partial charge in [0, 0.05) is 6.20 Å². The summed E-state index contributed by atoms with van der Waals surface area (Å²) in [6.45, 7) is -0.799. The second-order valence-corrected chi connectivity index (χ2v) is 6.33. The number of pyridine rings is 1. The van der Waals surface area contributed by atoms with E-state index in [1.807, 2.05) is 36.4 Å². The molecule has 1 aromatic heterocycles. The van der Waals surface area contributed by atoms with Crippen LogP contribution in [0.3, 0.4) is 0 Å². The first kappa shape index (κ1) is 18.9. The molecule has 3 aromatic rings. The number of rotatable bonds is 6. The predicted molar refractivity (Wildman–Crippen MR) is 103 cm³/mol. The van der Waals surface area contributed by atoms with Gasteiger partial charge in [0.1, 0.15) is 5.75 Å². The van der Waals surface area contributed by atoms with Crippen LogP contribution in [0.1, 0.15) is 0 Å². The smallest absolute Gasteiger partial charge is 0.344 e. The lowest BCUT2D eigenvalue weighted by Crippen LogP contribution is -2.24. The summed E-state index contributed by atoms with van der Waals surface area (Å²) in [6.07, 6.45) is 1.34. The SMILES string of the molecule is O=C(COC(=O)COc1ccc2ccccc2c1)Nc1ncc(Cl)cc1Cl. The first-order valence-corrected chi connectivity index (χ1v) is 8.65. The number of ether oxygens (including phenoxy) is 2. The van der Waals surface area contributed by atoms with Crippen molar-refractivity contribution in [3.63, 3.8) is 0 Å². The van der Waals surface area contributed by atoms with Crippen molar-refractivity contribution in [2.45, 2.75) is 0 Å². The number of halogens is 2. The van der Waals surface area contributed by atoms with E-state index >= 15 is 0 Å². The average molecular weight is 405 g/mol. The van der Waals surface area contributed by atoms with Gasteiger partial charge in [0.2, 0.25) is 0 Å². The minimum absolute atomic E-state index is 0.134. The Bertz CT molecular complexity index is 994. The zero-order valence-corrected chi connectivity index (χ0v) is 15.5. The Morgan fingerprint density at radius 2 is 1.78 bits per heavy atom. The number of nitrogens with zero attached hydrogens (tertiary/aromatic N) is 1. The van der Waals surface area contributed by atoms with Gasteiger partial charge in [0.25, 0.3) is 5.91 Å². The molecule has 8 heteroatoms. The second kappa shape index (κ2) is 8.70. The zero-order chi connectivity index (χ0) is 19.2. The third-order valence-corrected chi connectivity index (χ3v) is 4.00. The van der Waals surface area contributed by atoms with Crippen LogP contribution in [0.25, 0.3) is 10.8 Å². The largest absolute Gasteiger partial charge is 0.482 e. The van der Waals surface area contributed by atoms with E-state index < -0.39 is 18.5 Å².